The molecule has 0 unspecified atom stereocenters. The summed E-state index contributed by atoms with van der Waals surface area (Å²) in [5.74, 6) is 0. The largest absolute Gasteiger partial charge is 0.413 e. The van der Waals surface area contributed by atoms with Crippen LogP contribution in [0.1, 0.15) is 26.2 Å². The minimum absolute atomic E-state index is 0.615. The molecule has 0 aromatic carbocycles. The van der Waals surface area contributed by atoms with Gasteiger partial charge >= 0.3 is 0 Å². The molecule has 1 nitrogen and oxygen atoms in total. The summed E-state index contributed by atoms with van der Waals surface area (Å²) in [5.41, 5.74) is 0. The third kappa shape index (κ3) is 5.96. The summed E-state index contributed by atoms with van der Waals surface area (Å²) >= 11 is 0. The van der Waals surface area contributed by atoms with Crippen LogP contribution in [0.3, 0.4) is 0 Å². The maximum atomic E-state index is 5.02. The molecular weight excluding hydrogens is 100 g/mol. The van der Waals surface area contributed by atoms with Crippen LogP contribution < -0.4 is 0 Å². The third-order valence-electron chi connectivity index (χ3n) is 1.04. The van der Waals surface area contributed by atoms with Gasteiger partial charge in [-0.15, -0.1) is 0 Å². The molecule has 8 heavy (non-hydrogen) atoms. The number of hydrogen-bond donors (Lipinski definition) is 0. The van der Waals surface area contributed by atoms with E-state index in [1.54, 1.807) is 0 Å². The van der Waals surface area contributed by atoms with Crippen LogP contribution in [0.4, 0.5) is 0 Å². The van der Waals surface area contributed by atoms with Gasteiger partial charge < -0.3 is 11.7 Å². The van der Waals surface area contributed by atoms with E-state index in [0.717, 1.165) is 6.61 Å². The van der Waals surface area contributed by atoms with E-state index in [1.165, 1.54) is 19.3 Å². The Morgan fingerprint density at radius 3 is 2.62 bits per heavy atom. The highest BCUT2D eigenvalue weighted by molar-refractivity contribution is 4.36. The van der Waals surface area contributed by atoms with Crippen LogP contribution in [-0.2, 0) is 4.74 Å². The monoisotopic (exact) mass is 115 g/mol. The van der Waals surface area contributed by atoms with Gasteiger partial charge in [0.05, 0.1) is 0 Å². The quantitative estimate of drug-likeness (QED) is 0.393. The number of unbranched alkanes of at least 4 members (excludes halogenated alkanes) is 2. The second kappa shape index (κ2) is 6.96. The third-order valence-corrected chi connectivity index (χ3v) is 1.04. The zero-order valence-electron chi connectivity index (χ0n) is 5.65. The van der Waals surface area contributed by atoms with Crippen molar-refractivity contribution in [3.05, 3.63) is 6.92 Å². The van der Waals surface area contributed by atoms with Crippen molar-refractivity contribution in [3.63, 3.8) is 0 Å². The van der Waals surface area contributed by atoms with E-state index >= 15 is 0 Å². The van der Waals surface area contributed by atoms with Gasteiger partial charge in [-0.25, -0.2) is 0 Å². The molecule has 0 fully saturated rings. The van der Waals surface area contributed by atoms with Crippen LogP contribution in [0.15, 0.2) is 0 Å². The van der Waals surface area contributed by atoms with Gasteiger partial charge in [0.1, 0.15) is 0 Å². The SMILES string of the molecule is [CH2-]COCCCCC. The first-order valence-electron chi connectivity index (χ1n) is 3.28. The minimum atomic E-state index is 0.615. The van der Waals surface area contributed by atoms with Gasteiger partial charge in [-0.1, -0.05) is 26.4 Å². The van der Waals surface area contributed by atoms with E-state index in [2.05, 4.69) is 13.8 Å². The Hall–Kier alpha value is -0.0400. The summed E-state index contributed by atoms with van der Waals surface area (Å²) in [6.45, 7) is 7.25. The van der Waals surface area contributed by atoms with Crippen molar-refractivity contribution >= 4 is 0 Å². The van der Waals surface area contributed by atoms with Crippen LogP contribution in [0, 0.1) is 6.92 Å². The van der Waals surface area contributed by atoms with Crippen molar-refractivity contribution in [1.82, 2.24) is 0 Å². The lowest BCUT2D eigenvalue weighted by Crippen LogP contribution is -1.92. The summed E-state index contributed by atoms with van der Waals surface area (Å²) in [7, 11) is 0. The van der Waals surface area contributed by atoms with E-state index < -0.39 is 0 Å². The molecule has 0 aliphatic carbocycles. The number of rotatable bonds is 5. The highest BCUT2D eigenvalue weighted by Gasteiger charge is 1.80. The molecule has 0 bridgehead atoms. The fourth-order valence-electron chi connectivity index (χ4n) is 0.556. The van der Waals surface area contributed by atoms with Crippen LogP contribution in [-0.4, -0.2) is 13.2 Å². The Morgan fingerprint density at radius 1 is 1.38 bits per heavy atom. The van der Waals surface area contributed by atoms with Crippen molar-refractivity contribution in [2.24, 2.45) is 0 Å². The van der Waals surface area contributed by atoms with Crippen molar-refractivity contribution < 1.29 is 4.74 Å². The molecule has 0 spiro atoms. The summed E-state index contributed by atoms with van der Waals surface area (Å²) in [5, 5.41) is 0. The predicted octanol–water partition coefficient (Wildman–Crippen LogP) is 2.03. The van der Waals surface area contributed by atoms with Gasteiger partial charge in [-0.2, -0.15) is 0 Å². The summed E-state index contributed by atoms with van der Waals surface area (Å²) in [6, 6.07) is 0. The Bertz CT molecular complexity index is 29.4. The lowest BCUT2D eigenvalue weighted by Gasteiger charge is -2.00. The molecule has 0 saturated carbocycles. The first-order valence-corrected chi connectivity index (χ1v) is 3.28. The van der Waals surface area contributed by atoms with Gasteiger partial charge in [0.25, 0.3) is 0 Å². The zero-order valence-corrected chi connectivity index (χ0v) is 5.65. The Morgan fingerprint density at radius 2 is 2.12 bits per heavy atom. The van der Waals surface area contributed by atoms with Crippen molar-refractivity contribution in [2.75, 3.05) is 13.2 Å². The average molecular weight is 115 g/mol. The lowest BCUT2D eigenvalue weighted by molar-refractivity contribution is 0.156. The van der Waals surface area contributed by atoms with E-state index in [0.29, 0.717) is 6.61 Å². The molecule has 0 amide bonds. The molecule has 0 aliphatic heterocycles. The van der Waals surface area contributed by atoms with E-state index in [9.17, 15) is 0 Å². The Labute approximate surface area is 52.0 Å². The highest BCUT2D eigenvalue weighted by Crippen LogP contribution is 1.92. The number of ether oxygens (including phenoxy) is 1. The van der Waals surface area contributed by atoms with E-state index in [4.69, 9.17) is 4.74 Å². The topological polar surface area (TPSA) is 9.23 Å². The average Bonchev–Trinajstić information content (AvgIpc) is 1.81. The van der Waals surface area contributed by atoms with Crippen LogP contribution in [0.25, 0.3) is 0 Å². The molecule has 50 valence electrons. The van der Waals surface area contributed by atoms with Gasteiger partial charge in [0.2, 0.25) is 0 Å². The molecule has 0 heterocycles. The molecule has 0 atom stereocenters. The first-order chi connectivity index (χ1) is 3.91. The fraction of sp³-hybridized carbons (Fsp3) is 0.857. The smallest absolute Gasteiger partial charge is 0.0430 e. The predicted molar refractivity (Wildman–Crippen MR) is 35.7 cm³/mol. The summed E-state index contributed by atoms with van der Waals surface area (Å²) < 4.78 is 5.02. The molecule has 0 saturated heterocycles. The highest BCUT2D eigenvalue weighted by atomic mass is 16.5. The van der Waals surface area contributed by atoms with Crippen LogP contribution >= 0.6 is 0 Å². The lowest BCUT2D eigenvalue weighted by atomic mass is 10.3. The van der Waals surface area contributed by atoms with Crippen molar-refractivity contribution in [3.8, 4) is 0 Å². The molecule has 0 N–H and O–H groups in total. The first kappa shape index (κ1) is 7.96. The second-order valence-corrected chi connectivity index (χ2v) is 1.82. The molecule has 0 rings (SSSR count). The molecule has 0 aromatic heterocycles. The fourth-order valence-corrected chi connectivity index (χ4v) is 0.556. The van der Waals surface area contributed by atoms with E-state index in [-0.39, 0.29) is 0 Å². The van der Waals surface area contributed by atoms with Crippen molar-refractivity contribution in [2.45, 2.75) is 26.2 Å². The molecule has 0 aromatic rings. The summed E-state index contributed by atoms with van der Waals surface area (Å²) in [6.07, 6.45) is 3.73. The molecular formula is C7H15O-. The van der Waals surface area contributed by atoms with Gasteiger partial charge in [-0.3, -0.25) is 0 Å². The maximum absolute atomic E-state index is 5.02. The van der Waals surface area contributed by atoms with Gasteiger partial charge in [0, 0.05) is 6.61 Å². The second-order valence-electron chi connectivity index (χ2n) is 1.82. The molecule has 1 heteroatoms. The van der Waals surface area contributed by atoms with Crippen LogP contribution in [0.2, 0.25) is 0 Å². The van der Waals surface area contributed by atoms with Crippen LogP contribution in [0.5, 0.6) is 0 Å². The van der Waals surface area contributed by atoms with Gasteiger partial charge in [-0.05, 0) is 6.42 Å². The number of hydrogen-bond acceptors (Lipinski definition) is 1. The minimum Gasteiger partial charge on any atom is -0.413 e. The maximum Gasteiger partial charge on any atom is 0.0430 e. The van der Waals surface area contributed by atoms with Gasteiger partial charge in [0.15, 0.2) is 0 Å². The molecule has 0 radical (unpaired) electrons. The Kier molecular flexibility index (Phi) is 6.93. The summed E-state index contributed by atoms with van der Waals surface area (Å²) in [4.78, 5) is 0. The zero-order chi connectivity index (χ0) is 6.24. The van der Waals surface area contributed by atoms with Crippen molar-refractivity contribution in [1.29, 1.82) is 0 Å². The van der Waals surface area contributed by atoms with E-state index in [1.807, 2.05) is 0 Å². The standard InChI is InChI=1S/C7H15O/c1-3-5-6-7-8-4-2/h2-7H2,1H3/q-1. The normalized spacial score (nSPS) is 9.75. The molecule has 0 aliphatic rings. The Balaban J connectivity index is 2.53.